The fourth-order valence-corrected chi connectivity index (χ4v) is 4.27. The third-order valence-corrected chi connectivity index (χ3v) is 5.88. The molecule has 2 unspecified atom stereocenters. The smallest absolute Gasteiger partial charge is 0.222 e. The number of hydrogen-bond donors (Lipinski definition) is 1. The molecule has 0 spiro atoms. The van der Waals surface area contributed by atoms with Gasteiger partial charge in [0.1, 0.15) is 0 Å². The molecule has 1 N–H and O–H groups in total. The van der Waals surface area contributed by atoms with Gasteiger partial charge in [0.15, 0.2) is 0 Å². The Balaban J connectivity index is 1.29. The van der Waals surface area contributed by atoms with Gasteiger partial charge in [0, 0.05) is 56.0 Å². The van der Waals surface area contributed by atoms with Crippen molar-refractivity contribution in [3.63, 3.8) is 0 Å². The lowest BCUT2D eigenvalue weighted by Crippen LogP contribution is -2.31. The van der Waals surface area contributed by atoms with Crippen molar-refractivity contribution in [2.45, 2.75) is 38.2 Å². The predicted octanol–water partition coefficient (Wildman–Crippen LogP) is 2.00. The minimum Gasteiger partial charge on any atom is -0.391 e. The maximum absolute atomic E-state index is 12.5. The first-order chi connectivity index (χ1) is 13.6. The minimum absolute atomic E-state index is 0.0118. The lowest BCUT2D eigenvalue weighted by atomic mass is 9.99. The number of pyridine rings is 1. The second-order valence-corrected chi connectivity index (χ2v) is 7.91. The molecule has 6 heteroatoms. The van der Waals surface area contributed by atoms with Crippen molar-refractivity contribution >= 4 is 22.7 Å². The molecule has 4 rings (SSSR count). The summed E-state index contributed by atoms with van der Waals surface area (Å²) in [5, 5.41) is 11.5. The van der Waals surface area contributed by atoms with Gasteiger partial charge in [-0.2, -0.15) is 0 Å². The highest BCUT2D eigenvalue weighted by atomic mass is 16.3. The molecule has 1 aromatic carbocycles. The Kier molecular flexibility index (Phi) is 5.57. The molecule has 2 fully saturated rings. The molecule has 28 heavy (non-hydrogen) atoms. The summed E-state index contributed by atoms with van der Waals surface area (Å²) < 4.78 is 0. The zero-order chi connectivity index (χ0) is 19.5. The van der Waals surface area contributed by atoms with Gasteiger partial charge in [-0.25, -0.2) is 0 Å². The first kappa shape index (κ1) is 18.9. The van der Waals surface area contributed by atoms with Gasteiger partial charge >= 0.3 is 0 Å². The summed E-state index contributed by atoms with van der Waals surface area (Å²) in [6, 6.07) is 12.1. The summed E-state index contributed by atoms with van der Waals surface area (Å²) in [5.41, 5.74) is 1.90. The third-order valence-electron chi connectivity index (χ3n) is 5.88. The van der Waals surface area contributed by atoms with E-state index < -0.39 is 6.10 Å². The van der Waals surface area contributed by atoms with Gasteiger partial charge in [-0.3, -0.25) is 14.6 Å². The Morgan fingerprint density at radius 3 is 2.86 bits per heavy atom. The van der Waals surface area contributed by atoms with Crippen LogP contribution in [0.3, 0.4) is 0 Å². The van der Waals surface area contributed by atoms with E-state index in [0.717, 1.165) is 29.6 Å². The average Bonchev–Trinajstić information content (AvgIpc) is 3.27. The Hall–Kier alpha value is -2.47. The van der Waals surface area contributed by atoms with E-state index in [-0.39, 0.29) is 17.7 Å². The number of carbonyl (C=O) groups excluding carboxylic acids is 2. The lowest BCUT2D eigenvalue weighted by Gasteiger charge is -2.18. The van der Waals surface area contributed by atoms with Crippen molar-refractivity contribution in [2.24, 2.45) is 5.92 Å². The lowest BCUT2D eigenvalue weighted by molar-refractivity contribution is -0.132. The van der Waals surface area contributed by atoms with Crippen LogP contribution in [0.25, 0.3) is 10.9 Å². The first-order valence-electron chi connectivity index (χ1n) is 10.2. The number of amides is 2. The molecule has 2 amide bonds. The van der Waals surface area contributed by atoms with Crippen LogP contribution >= 0.6 is 0 Å². The van der Waals surface area contributed by atoms with Crippen molar-refractivity contribution in [3.8, 4) is 0 Å². The number of fused-ring (bicyclic) bond motifs is 1. The molecule has 2 aliphatic heterocycles. The van der Waals surface area contributed by atoms with E-state index in [1.54, 1.807) is 4.90 Å². The van der Waals surface area contributed by atoms with Crippen LogP contribution in [0, 0.1) is 5.92 Å². The second-order valence-electron chi connectivity index (χ2n) is 7.91. The normalized spacial score (nSPS) is 22.4. The van der Waals surface area contributed by atoms with Gasteiger partial charge in [0.25, 0.3) is 0 Å². The topological polar surface area (TPSA) is 73.7 Å². The Bertz CT molecular complexity index is 869. The molecule has 0 radical (unpaired) electrons. The molecule has 148 valence electrons. The van der Waals surface area contributed by atoms with E-state index in [1.165, 1.54) is 0 Å². The van der Waals surface area contributed by atoms with Gasteiger partial charge in [0.05, 0.1) is 11.6 Å². The molecule has 2 saturated heterocycles. The van der Waals surface area contributed by atoms with Gasteiger partial charge < -0.3 is 14.9 Å². The van der Waals surface area contributed by atoms with Gasteiger partial charge in [0.2, 0.25) is 11.8 Å². The highest BCUT2D eigenvalue weighted by Gasteiger charge is 2.34. The Morgan fingerprint density at radius 2 is 2.04 bits per heavy atom. The summed E-state index contributed by atoms with van der Waals surface area (Å²) in [6.45, 7) is 2.43. The van der Waals surface area contributed by atoms with Gasteiger partial charge in [-0.1, -0.05) is 24.3 Å². The van der Waals surface area contributed by atoms with Crippen molar-refractivity contribution in [3.05, 3.63) is 42.1 Å². The van der Waals surface area contributed by atoms with Crippen molar-refractivity contribution < 1.29 is 14.7 Å². The summed E-state index contributed by atoms with van der Waals surface area (Å²) in [4.78, 5) is 32.5. The highest BCUT2D eigenvalue weighted by molar-refractivity contribution is 5.79. The fourth-order valence-electron chi connectivity index (χ4n) is 4.27. The number of aliphatic hydroxyl groups is 1. The van der Waals surface area contributed by atoms with E-state index >= 15 is 0 Å². The van der Waals surface area contributed by atoms with Crippen LogP contribution in [-0.4, -0.2) is 64.0 Å². The zero-order valence-electron chi connectivity index (χ0n) is 16.1. The summed E-state index contributed by atoms with van der Waals surface area (Å²) in [6.07, 6.45) is 2.83. The highest BCUT2D eigenvalue weighted by Crippen LogP contribution is 2.23. The van der Waals surface area contributed by atoms with Crippen LogP contribution in [0.2, 0.25) is 0 Å². The predicted molar refractivity (Wildman–Crippen MR) is 107 cm³/mol. The first-order valence-corrected chi connectivity index (χ1v) is 10.2. The number of likely N-dealkylation sites (tertiary alicyclic amines) is 2. The molecule has 1 aromatic heterocycles. The van der Waals surface area contributed by atoms with Crippen molar-refractivity contribution in [1.82, 2.24) is 14.8 Å². The van der Waals surface area contributed by atoms with Crippen LogP contribution in [0.5, 0.6) is 0 Å². The standard InChI is InChI=1S/C22H27N3O3/c26-20-15-25(22(28)8-4-12-24-11-3-7-21(24)27)14-17(20)13-18-10-9-16-5-1-2-6-19(16)23-18/h1-2,5-6,9-10,17,20,26H,3-4,7-8,11-15H2. The number of nitrogens with zero attached hydrogens (tertiary/aromatic N) is 3. The number of aromatic nitrogens is 1. The van der Waals surface area contributed by atoms with E-state index in [2.05, 4.69) is 6.07 Å². The van der Waals surface area contributed by atoms with E-state index in [9.17, 15) is 14.7 Å². The largest absolute Gasteiger partial charge is 0.391 e. The van der Waals surface area contributed by atoms with E-state index in [4.69, 9.17) is 4.98 Å². The van der Waals surface area contributed by atoms with Crippen LogP contribution in [-0.2, 0) is 16.0 Å². The number of benzene rings is 1. The second kappa shape index (κ2) is 8.27. The molecular weight excluding hydrogens is 354 g/mol. The molecular formula is C22H27N3O3. The number of aliphatic hydroxyl groups excluding tert-OH is 1. The summed E-state index contributed by atoms with van der Waals surface area (Å²) >= 11 is 0. The molecule has 6 nitrogen and oxygen atoms in total. The molecule has 2 aromatic rings. The van der Waals surface area contributed by atoms with Crippen LogP contribution in [0.1, 0.15) is 31.4 Å². The Morgan fingerprint density at radius 1 is 1.18 bits per heavy atom. The number of para-hydroxylation sites is 1. The van der Waals surface area contributed by atoms with Gasteiger partial charge in [-0.05, 0) is 31.4 Å². The number of β-amino-alcohol motifs (C(OH)–C–C–N with tert-alkyl or cyclic N) is 1. The van der Waals surface area contributed by atoms with Crippen molar-refractivity contribution in [2.75, 3.05) is 26.2 Å². The fraction of sp³-hybridized carbons (Fsp3) is 0.500. The third kappa shape index (κ3) is 4.17. The van der Waals surface area contributed by atoms with E-state index in [1.807, 2.05) is 35.2 Å². The summed E-state index contributed by atoms with van der Waals surface area (Å²) in [5.74, 6) is 0.282. The summed E-state index contributed by atoms with van der Waals surface area (Å²) in [7, 11) is 0. The van der Waals surface area contributed by atoms with Crippen LogP contribution < -0.4 is 0 Å². The van der Waals surface area contributed by atoms with Crippen LogP contribution in [0.4, 0.5) is 0 Å². The quantitative estimate of drug-likeness (QED) is 0.831. The van der Waals surface area contributed by atoms with Crippen LogP contribution in [0.15, 0.2) is 36.4 Å². The maximum atomic E-state index is 12.5. The maximum Gasteiger partial charge on any atom is 0.222 e. The zero-order valence-corrected chi connectivity index (χ0v) is 16.1. The van der Waals surface area contributed by atoms with Crippen molar-refractivity contribution in [1.29, 1.82) is 0 Å². The Labute approximate surface area is 165 Å². The number of hydrogen-bond acceptors (Lipinski definition) is 4. The monoisotopic (exact) mass is 381 g/mol. The molecule has 0 saturated carbocycles. The molecule has 3 heterocycles. The molecule has 0 bridgehead atoms. The number of carbonyl (C=O) groups is 2. The molecule has 2 aliphatic rings. The van der Waals surface area contributed by atoms with E-state index in [0.29, 0.717) is 45.3 Å². The minimum atomic E-state index is -0.516. The number of rotatable bonds is 6. The average molecular weight is 381 g/mol. The molecule has 2 atom stereocenters. The molecule has 0 aliphatic carbocycles. The SMILES string of the molecule is O=C1CCCN1CCCC(=O)N1CC(O)C(Cc2ccc3ccccc3n2)C1. The van der Waals surface area contributed by atoms with Gasteiger partial charge in [-0.15, -0.1) is 0 Å².